The molecule has 0 aliphatic carbocycles. The summed E-state index contributed by atoms with van der Waals surface area (Å²) in [5.74, 6) is -1.33. The summed E-state index contributed by atoms with van der Waals surface area (Å²) in [5, 5.41) is 12.1. The first kappa shape index (κ1) is 22.0. The molecule has 0 fully saturated rings. The van der Waals surface area contributed by atoms with E-state index in [1.54, 1.807) is 12.1 Å². The number of anilines is 1. The number of thioether (sulfide) groups is 1. The summed E-state index contributed by atoms with van der Waals surface area (Å²) in [6, 6.07) is 20.0. The highest BCUT2D eigenvalue weighted by molar-refractivity contribution is 7.99. The van der Waals surface area contributed by atoms with Gasteiger partial charge in [-0.3, -0.25) is 9.36 Å². The molecule has 0 radical (unpaired) electrons. The van der Waals surface area contributed by atoms with Gasteiger partial charge < -0.3 is 5.32 Å². The highest BCUT2D eigenvalue weighted by atomic mass is 35.5. The van der Waals surface area contributed by atoms with Crippen molar-refractivity contribution >= 4 is 35.0 Å². The fourth-order valence-corrected chi connectivity index (χ4v) is 3.94. The molecule has 9 heteroatoms. The minimum Gasteiger partial charge on any atom is -0.323 e. The minimum atomic E-state index is -0.835. The predicted octanol–water partition coefficient (Wildman–Crippen LogP) is 5.52. The number of hydrogen-bond acceptors (Lipinski definition) is 4. The molecular formula is C23H17ClF2N4OS. The van der Waals surface area contributed by atoms with E-state index >= 15 is 0 Å². The van der Waals surface area contributed by atoms with Crippen LogP contribution in [0.1, 0.15) is 11.4 Å². The number of halogens is 3. The van der Waals surface area contributed by atoms with Gasteiger partial charge >= 0.3 is 0 Å². The topological polar surface area (TPSA) is 59.8 Å². The molecule has 4 aromatic rings. The van der Waals surface area contributed by atoms with Crippen LogP contribution in [-0.2, 0) is 11.2 Å². The highest BCUT2D eigenvalue weighted by Crippen LogP contribution is 2.25. The van der Waals surface area contributed by atoms with Crippen LogP contribution in [0, 0.1) is 11.6 Å². The van der Waals surface area contributed by atoms with Crippen molar-refractivity contribution < 1.29 is 13.6 Å². The summed E-state index contributed by atoms with van der Waals surface area (Å²) in [6.07, 6.45) is 0.546. The van der Waals surface area contributed by atoms with Crippen molar-refractivity contribution in [2.45, 2.75) is 11.6 Å². The molecule has 0 unspecified atom stereocenters. The molecule has 0 saturated carbocycles. The zero-order valence-electron chi connectivity index (χ0n) is 16.6. The Kier molecular flexibility index (Phi) is 6.82. The van der Waals surface area contributed by atoms with Crippen molar-refractivity contribution in [1.29, 1.82) is 0 Å². The van der Waals surface area contributed by atoms with E-state index in [4.69, 9.17) is 11.6 Å². The third kappa shape index (κ3) is 5.33. The monoisotopic (exact) mass is 470 g/mol. The minimum absolute atomic E-state index is 0.0339. The number of hydrogen-bond donors (Lipinski definition) is 1. The van der Waals surface area contributed by atoms with E-state index in [2.05, 4.69) is 15.5 Å². The lowest BCUT2D eigenvalue weighted by atomic mass is 10.1. The lowest BCUT2D eigenvalue weighted by Gasteiger charge is -2.11. The van der Waals surface area contributed by atoms with E-state index < -0.39 is 17.5 Å². The molecule has 0 atom stereocenters. The van der Waals surface area contributed by atoms with E-state index in [-0.39, 0.29) is 11.4 Å². The van der Waals surface area contributed by atoms with Gasteiger partial charge in [0.2, 0.25) is 5.91 Å². The standard InChI is InChI=1S/C23H17ClF2N4OS/c24-16-6-9-18(10-7-16)30-21(12-15-4-2-1-3-5-15)28-29-23(30)32-14-22(31)27-20-11-8-17(25)13-19(20)26/h1-11,13H,12,14H2,(H,27,31). The van der Waals surface area contributed by atoms with E-state index in [1.165, 1.54) is 6.07 Å². The molecule has 0 saturated heterocycles. The number of benzene rings is 3. The van der Waals surface area contributed by atoms with Gasteiger partial charge in [-0.1, -0.05) is 53.7 Å². The lowest BCUT2D eigenvalue weighted by molar-refractivity contribution is -0.113. The molecule has 32 heavy (non-hydrogen) atoms. The van der Waals surface area contributed by atoms with Crippen LogP contribution in [0.2, 0.25) is 5.02 Å². The van der Waals surface area contributed by atoms with Crippen molar-refractivity contribution in [2.75, 3.05) is 11.1 Å². The molecule has 5 nitrogen and oxygen atoms in total. The molecule has 1 N–H and O–H groups in total. The van der Waals surface area contributed by atoms with E-state index in [9.17, 15) is 13.6 Å². The first-order valence-corrected chi connectivity index (χ1v) is 11.0. The van der Waals surface area contributed by atoms with Crippen LogP contribution in [0.3, 0.4) is 0 Å². The molecule has 0 aliphatic rings. The normalized spacial score (nSPS) is 10.8. The van der Waals surface area contributed by atoms with Crippen molar-refractivity contribution in [2.24, 2.45) is 0 Å². The maximum absolute atomic E-state index is 13.8. The van der Waals surface area contributed by atoms with E-state index in [0.717, 1.165) is 35.1 Å². The fraction of sp³-hybridized carbons (Fsp3) is 0.0870. The van der Waals surface area contributed by atoms with E-state index in [1.807, 2.05) is 47.0 Å². The third-order valence-electron chi connectivity index (χ3n) is 4.53. The Morgan fingerprint density at radius 3 is 2.47 bits per heavy atom. The maximum Gasteiger partial charge on any atom is 0.234 e. The van der Waals surface area contributed by atoms with Gasteiger partial charge in [0.25, 0.3) is 0 Å². The highest BCUT2D eigenvalue weighted by Gasteiger charge is 2.17. The second-order valence-electron chi connectivity index (χ2n) is 6.83. The lowest BCUT2D eigenvalue weighted by Crippen LogP contribution is -2.15. The predicted molar refractivity (Wildman–Crippen MR) is 121 cm³/mol. The number of nitrogens with zero attached hydrogens (tertiary/aromatic N) is 3. The molecule has 0 bridgehead atoms. The first-order valence-electron chi connectivity index (χ1n) is 9.61. The molecule has 3 aromatic carbocycles. The average molecular weight is 471 g/mol. The summed E-state index contributed by atoms with van der Waals surface area (Å²) >= 11 is 7.19. The Morgan fingerprint density at radius 1 is 1.00 bits per heavy atom. The summed E-state index contributed by atoms with van der Waals surface area (Å²) in [4.78, 5) is 12.3. The van der Waals surface area contributed by atoms with Gasteiger partial charge in [-0.15, -0.1) is 10.2 Å². The average Bonchev–Trinajstić information content (AvgIpc) is 3.18. The number of amides is 1. The van der Waals surface area contributed by atoms with Gasteiger partial charge in [-0.2, -0.15) is 0 Å². The first-order chi connectivity index (χ1) is 15.5. The Balaban J connectivity index is 1.55. The zero-order chi connectivity index (χ0) is 22.5. The SMILES string of the molecule is O=C(CSc1nnc(Cc2ccccc2)n1-c1ccc(Cl)cc1)Nc1ccc(F)cc1F. The number of carbonyl (C=O) groups excluding carboxylic acids is 1. The zero-order valence-corrected chi connectivity index (χ0v) is 18.2. The molecule has 1 amide bonds. The van der Waals surface area contributed by atoms with Crippen LogP contribution in [0.25, 0.3) is 5.69 Å². The Bertz CT molecular complexity index is 1230. The van der Waals surface area contributed by atoms with Gasteiger partial charge in [0.15, 0.2) is 5.16 Å². The van der Waals surface area contributed by atoms with Crippen LogP contribution in [0.5, 0.6) is 0 Å². The molecular weight excluding hydrogens is 454 g/mol. The van der Waals surface area contributed by atoms with E-state index in [0.29, 0.717) is 22.4 Å². The van der Waals surface area contributed by atoms with Crippen LogP contribution in [-0.4, -0.2) is 26.4 Å². The summed E-state index contributed by atoms with van der Waals surface area (Å²) in [7, 11) is 0. The van der Waals surface area contributed by atoms with Gasteiger partial charge in [-0.25, -0.2) is 8.78 Å². The maximum atomic E-state index is 13.8. The van der Waals surface area contributed by atoms with Crippen LogP contribution in [0.15, 0.2) is 78.0 Å². The van der Waals surface area contributed by atoms with Gasteiger partial charge in [0.1, 0.15) is 17.5 Å². The largest absolute Gasteiger partial charge is 0.323 e. The van der Waals surface area contributed by atoms with Gasteiger partial charge in [0.05, 0.1) is 11.4 Å². The van der Waals surface area contributed by atoms with Gasteiger partial charge in [-0.05, 0) is 42.0 Å². The van der Waals surface area contributed by atoms with Crippen molar-refractivity contribution in [3.05, 3.63) is 101 Å². The second-order valence-corrected chi connectivity index (χ2v) is 8.21. The molecule has 4 rings (SSSR count). The number of rotatable bonds is 7. The molecule has 1 heterocycles. The van der Waals surface area contributed by atoms with Crippen molar-refractivity contribution in [1.82, 2.24) is 14.8 Å². The third-order valence-corrected chi connectivity index (χ3v) is 5.71. The second kappa shape index (κ2) is 9.93. The fourth-order valence-electron chi connectivity index (χ4n) is 3.04. The Labute approximate surface area is 192 Å². The summed E-state index contributed by atoms with van der Waals surface area (Å²) in [6.45, 7) is 0. The quantitative estimate of drug-likeness (QED) is 0.361. The van der Waals surface area contributed by atoms with Crippen LogP contribution >= 0.6 is 23.4 Å². The van der Waals surface area contributed by atoms with Crippen molar-refractivity contribution in [3.8, 4) is 5.69 Å². The number of aromatic nitrogens is 3. The van der Waals surface area contributed by atoms with Crippen molar-refractivity contribution in [3.63, 3.8) is 0 Å². The summed E-state index contributed by atoms with van der Waals surface area (Å²) < 4.78 is 28.7. The number of nitrogens with one attached hydrogen (secondary N) is 1. The smallest absolute Gasteiger partial charge is 0.234 e. The summed E-state index contributed by atoms with van der Waals surface area (Å²) in [5.41, 5.74) is 1.79. The molecule has 1 aromatic heterocycles. The van der Waals surface area contributed by atoms with Crippen LogP contribution < -0.4 is 5.32 Å². The Morgan fingerprint density at radius 2 is 1.75 bits per heavy atom. The molecule has 162 valence electrons. The Hall–Kier alpha value is -3.23. The molecule has 0 spiro atoms. The van der Waals surface area contributed by atoms with Crippen LogP contribution in [0.4, 0.5) is 14.5 Å². The van der Waals surface area contributed by atoms with Gasteiger partial charge in [0, 0.05) is 23.2 Å². The number of carbonyl (C=O) groups is 1. The molecule has 0 aliphatic heterocycles.